The fourth-order valence-corrected chi connectivity index (χ4v) is 2.01. The molecule has 0 unspecified atom stereocenters. The first-order valence-electron chi connectivity index (χ1n) is 5.59. The maximum atomic E-state index is 13.7. The predicted molar refractivity (Wildman–Crippen MR) is 65.2 cm³/mol. The summed E-state index contributed by atoms with van der Waals surface area (Å²) < 4.78 is 28.8. The zero-order chi connectivity index (χ0) is 12.5. The van der Waals surface area contributed by atoms with Crippen LogP contribution in [-0.4, -0.2) is 9.78 Å². The third kappa shape index (κ3) is 1.76. The van der Waals surface area contributed by atoms with Crippen LogP contribution in [0.15, 0.2) is 48.7 Å². The van der Waals surface area contributed by atoms with Gasteiger partial charge in [0, 0.05) is 10.9 Å². The Bertz CT molecular complexity index is 704. The lowest BCUT2D eigenvalue weighted by Gasteiger charge is -2.05. The van der Waals surface area contributed by atoms with Gasteiger partial charge in [-0.15, -0.1) is 0 Å². The van der Waals surface area contributed by atoms with Gasteiger partial charge in [0.2, 0.25) is 0 Å². The lowest BCUT2D eigenvalue weighted by molar-refractivity contribution is 0.581. The minimum absolute atomic E-state index is 0.219. The number of rotatable bonds is 2. The zero-order valence-electron chi connectivity index (χ0n) is 9.48. The Morgan fingerprint density at radius 1 is 0.944 bits per heavy atom. The summed E-state index contributed by atoms with van der Waals surface area (Å²) in [6.45, 7) is 0.219. The molecule has 2 nitrogen and oxygen atoms in total. The van der Waals surface area contributed by atoms with Crippen LogP contribution in [0, 0.1) is 11.6 Å². The Morgan fingerprint density at radius 3 is 2.56 bits per heavy atom. The smallest absolute Gasteiger partial charge is 0.149 e. The molecule has 0 radical (unpaired) electrons. The summed E-state index contributed by atoms with van der Waals surface area (Å²) in [5.41, 5.74) is 0.895. The molecule has 0 N–H and O–H groups in total. The highest BCUT2D eigenvalue weighted by Gasteiger charge is 2.09. The Kier molecular flexibility index (Phi) is 2.55. The molecule has 1 aromatic heterocycles. The summed E-state index contributed by atoms with van der Waals surface area (Å²) in [5, 5.41) is 4.82. The van der Waals surface area contributed by atoms with Gasteiger partial charge in [-0.3, -0.25) is 4.68 Å². The van der Waals surface area contributed by atoms with E-state index in [-0.39, 0.29) is 18.2 Å². The maximum absolute atomic E-state index is 13.7. The van der Waals surface area contributed by atoms with E-state index in [1.165, 1.54) is 16.8 Å². The average Bonchev–Trinajstić information content (AvgIpc) is 2.77. The fraction of sp³-hybridized carbons (Fsp3) is 0.0714. The summed E-state index contributed by atoms with van der Waals surface area (Å²) in [7, 11) is 0. The third-order valence-electron chi connectivity index (χ3n) is 2.89. The molecule has 18 heavy (non-hydrogen) atoms. The van der Waals surface area contributed by atoms with Crippen molar-refractivity contribution in [2.45, 2.75) is 6.54 Å². The minimum atomic E-state index is -0.346. The Labute approximate surface area is 102 Å². The van der Waals surface area contributed by atoms with Crippen LogP contribution in [0.2, 0.25) is 0 Å². The average molecular weight is 244 g/mol. The van der Waals surface area contributed by atoms with E-state index >= 15 is 0 Å². The maximum Gasteiger partial charge on any atom is 0.149 e. The number of hydrogen-bond donors (Lipinski definition) is 0. The molecule has 0 amide bonds. The number of aromatic nitrogens is 2. The molecule has 0 bridgehead atoms. The summed E-state index contributed by atoms with van der Waals surface area (Å²) in [4.78, 5) is 0. The van der Waals surface area contributed by atoms with E-state index < -0.39 is 0 Å². The first kappa shape index (κ1) is 10.9. The second-order valence-electron chi connectivity index (χ2n) is 4.07. The van der Waals surface area contributed by atoms with Gasteiger partial charge in [-0.25, -0.2) is 8.78 Å². The molecule has 4 heteroatoms. The molecule has 0 fully saturated rings. The number of hydrogen-bond acceptors (Lipinski definition) is 1. The Hall–Kier alpha value is -2.23. The molecule has 3 rings (SSSR count). The van der Waals surface area contributed by atoms with Gasteiger partial charge in [0.15, 0.2) is 0 Å². The minimum Gasteiger partial charge on any atom is -0.257 e. The van der Waals surface area contributed by atoms with Crippen molar-refractivity contribution in [2.24, 2.45) is 0 Å². The number of fused-ring (bicyclic) bond motifs is 1. The van der Waals surface area contributed by atoms with Crippen molar-refractivity contribution >= 4 is 10.9 Å². The molecule has 0 aliphatic rings. The van der Waals surface area contributed by atoms with E-state index in [1.807, 2.05) is 0 Å². The predicted octanol–water partition coefficient (Wildman–Crippen LogP) is 3.36. The molecule has 2 aromatic carbocycles. The molecule has 1 heterocycles. The fourth-order valence-electron chi connectivity index (χ4n) is 2.01. The SMILES string of the molecule is Fc1ccccc1Cn1ncc2cccc(F)c21. The largest absolute Gasteiger partial charge is 0.257 e. The summed E-state index contributed by atoms with van der Waals surface area (Å²) in [6, 6.07) is 11.2. The van der Waals surface area contributed by atoms with E-state index in [9.17, 15) is 8.78 Å². The quantitative estimate of drug-likeness (QED) is 0.675. The topological polar surface area (TPSA) is 17.8 Å². The lowest BCUT2D eigenvalue weighted by Crippen LogP contribution is -2.04. The van der Waals surface area contributed by atoms with Crippen LogP contribution >= 0.6 is 0 Å². The van der Waals surface area contributed by atoms with Crippen LogP contribution in [0.3, 0.4) is 0 Å². The highest BCUT2D eigenvalue weighted by Crippen LogP contribution is 2.19. The van der Waals surface area contributed by atoms with Crippen LogP contribution in [0.4, 0.5) is 8.78 Å². The zero-order valence-corrected chi connectivity index (χ0v) is 9.48. The van der Waals surface area contributed by atoms with E-state index in [4.69, 9.17) is 0 Å². The van der Waals surface area contributed by atoms with Crippen LogP contribution in [-0.2, 0) is 6.54 Å². The van der Waals surface area contributed by atoms with Crippen LogP contribution in [0.5, 0.6) is 0 Å². The van der Waals surface area contributed by atoms with Crippen molar-refractivity contribution < 1.29 is 8.78 Å². The standard InChI is InChI=1S/C14H10F2N2/c15-12-6-2-1-4-11(12)9-18-14-10(8-17-18)5-3-7-13(14)16/h1-8H,9H2. The molecule has 0 spiro atoms. The molecule has 0 aliphatic heterocycles. The van der Waals surface area contributed by atoms with Crippen molar-refractivity contribution in [1.29, 1.82) is 0 Å². The van der Waals surface area contributed by atoms with E-state index in [0.29, 0.717) is 16.5 Å². The van der Waals surface area contributed by atoms with E-state index in [2.05, 4.69) is 5.10 Å². The molecule has 3 aromatic rings. The van der Waals surface area contributed by atoms with Gasteiger partial charge in [-0.2, -0.15) is 5.10 Å². The second kappa shape index (κ2) is 4.22. The molecule has 0 saturated heterocycles. The van der Waals surface area contributed by atoms with Gasteiger partial charge < -0.3 is 0 Å². The second-order valence-corrected chi connectivity index (χ2v) is 4.07. The van der Waals surface area contributed by atoms with Crippen LogP contribution in [0.25, 0.3) is 10.9 Å². The summed E-state index contributed by atoms with van der Waals surface area (Å²) in [6.07, 6.45) is 1.58. The van der Waals surface area contributed by atoms with Crippen LogP contribution < -0.4 is 0 Å². The van der Waals surface area contributed by atoms with Gasteiger partial charge in [-0.1, -0.05) is 30.3 Å². The van der Waals surface area contributed by atoms with Gasteiger partial charge in [0.1, 0.15) is 17.2 Å². The highest BCUT2D eigenvalue weighted by atomic mass is 19.1. The van der Waals surface area contributed by atoms with Crippen molar-refractivity contribution in [2.75, 3.05) is 0 Å². The van der Waals surface area contributed by atoms with E-state index in [0.717, 1.165) is 0 Å². The number of para-hydroxylation sites is 1. The van der Waals surface area contributed by atoms with Gasteiger partial charge >= 0.3 is 0 Å². The first-order chi connectivity index (χ1) is 8.75. The van der Waals surface area contributed by atoms with Gasteiger partial charge in [0.05, 0.1) is 12.7 Å². The molecular formula is C14H10F2N2. The Morgan fingerprint density at radius 2 is 1.72 bits per heavy atom. The Balaban J connectivity index is 2.09. The molecule has 0 atom stereocenters. The molecule has 0 aliphatic carbocycles. The number of benzene rings is 2. The summed E-state index contributed by atoms with van der Waals surface area (Å²) >= 11 is 0. The lowest BCUT2D eigenvalue weighted by atomic mass is 10.2. The first-order valence-corrected chi connectivity index (χ1v) is 5.59. The third-order valence-corrected chi connectivity index (χ3v) is 2.89. The molecular weight excluding hydrogens is 234 g/mol. The van der Waals surface area contributed by atoms with E-state index in [1.54, 1.807) is 36.5 Å². The highest BCUT2D eigenvalue weighted by molar-refractivity contribution is 5.79. The number of halogens is 2. The summed E-state index contributed by atoms with van der Waals surface area (Å²) in [5.74, 6) is -0.654. The molecule has 90 valence electrons. The van der Waals surface area contributed by atoms with Crippen LogP contribution in [0.1, 0.15) is 5.56 Å². The van der Waals surface area contributed by atoms with Gasteiger partial charge in [-0.05, 0) is 12.1 Å². The number of nitrogens with zero attached hydrogens (tertiary/aromatic N) is 2. The van der Waals surface area contributed by atoms with Gasteiger partial charge in [0.25, 0.3) is 0 Å². The molecule has 0 saturated carbocycles. The van der Waals surface area contributed by atoms with Crippen molar-refractivity contribution in [3.63, 3.8) is 0 Å². The normalized spacial score (nSPS) is 11.0. The monoisotopic (exact) mass is 244 g/mol. The van der Waals surface area contributed by atoms with Crippen molar-refractivity contribution in [3.05, 3.63) is 65.9 Å². The van der Waals surface area contributed by atoms with Crippen molar-refractivity contribution in [3.8, 4) is 0 Å². The van der Waals surface area contributed by atoms with Crippen molar-refractivity contribution in [1.82, 2.24) is 9.78 Å².